The maximum Gasteiger partial charge on any atom is 0.219 e. The van der Waals surface area contributed by atoms with Crippen LogP contribution in [0.15, 0.2) is 23.1 Å². The number of amides is 1. The van der Waals surface area contributed by atoms with Gasteiger partial charge in [0.15, 0.2) is 0 Å². The van der Waals surface area contributed by atoms with E-state index in [1.807, 2.05) is 24.1 Å². The number of aliphatic hydroxyl groups excluding tert-OH is 1. The summed E-state index contributed by atoms with van der Waals surface area (Å²) in [6, 6.07) is 5.33. The van der Waals surface area contributed by atoms with E-state index in [0.29, 0.717) is 18.5 Å². The number of hydrogen-bond donors (Lipinski definition) is 2. The van der Waals surface area contributed by atoms with Crippen molar-refractivity contribution in [2.45, 2.75) is 62.4 Å². The summed E-state index contributed by atoms with van der Waals surface area (Å²) < 4.78 is 0. The summed E-state index contributed by atoms with van der Waals surface area (Å²) in [5.74, 6) is 0.875. The summed E-state index contributed by atoms with van der Waals surface area (Å²) in [6.07, 6.45) is 7.72. The predicted octanol–water partition coefficient (Wildman–Crippen LogP) is 3.06. The summed E-state index contributed by atoms with van der Waals surface area (Å²) in [5.41, 5.74) is 1.57. The van der Waals surface area contributed by atoms with Crippen LogP contribution in [0.25, 0.3) is 0 Å². The molecule has 1 rings (SSSR count). The zero-order valence-electron chi connectivity index (χ0n) is 17.6. The van der Waals surface area contributed by atoms with E-state index in [1.54, 1.807) is 24.9 Å². The number of carbonyl (C=O) groups is 3. The van der Waals surface area contributed by atoms with E-state index in [0.717, 1.165) is 60.9 Å². The topological polar surface area (TPSA) is 86.7 Å². The smallest absolute Gasteiger partial charge is 0.219 e. The van der Waals surface area contributed by atoms with Gasteiger partial charge in [-0.3, -0.25) is 14.5 Å². The third-order valence-electron chi connectivity index (χ3n) is 4.93. The van der Waals surface area contributed by atoms with Crippen LogP contribution in [0.1, 0.15) is 60.9 Å². The minimum absolute atomic E-state index is 0.0891. The molecule has 0 aliphatic carbocycles. The Morgan fingerprint density at radius 1 is 1.21 bits per heavy atom. The second kappa shape index (κ2) is 15.2. The highest BCUT2D eigenvalue weighted by Crippen LogP contribution is 2.28. The Kier molecular flexibility index (Phi) is 13.3. The number of hydrogen-bond acceptors (Lipinski definition) is 6. The molecule has 6 nitrogen and oxygen atoms in total. The zero-order valence-corrected chi connectivity index (χ0v) is 18.4. The molecule has 162 valence electrons. The van der Waals surface area contributed by atoms with Gasteiger partial charge < -0.3 is 15.2 Å². The number of unbranched alkanes of at least 4 members (excludes halogenated alkanes) is 4. The van der Waals surface area contributed by atoms with Crippen molar-refractivity contribution >= 4 is 30.2 Å². The lowest BCUT2D eigenvalue weighted by Crippen LogP contribution is -2.34. The fraction of sp³-hybridized carbons (Fsp3) is 0.591. The lowest BCUT2D eigenvalue weighted by atomic mass is 10.1. The quantitative estimate of drug-likeness (QED) is 0.242. The Labute approximate surface area is 178 Å². The maximum absolute atomic E-state index is 11.6. The lowest BCUT2D eigenvalue weighted by Gasteiger charge is -2.25. The van der Waals surface area contributed by atoms with E-state index in [4.69, 9.17) is 5.11 Å². The maximum atomic E-state index is 11.6. The SMILES string of the molecule is CNC(=O)CCC(C=O)N(C)Cc1c(C=O)cccc1SCCCCCCCO. The number of aldehydes is 2. The van der Waals surface area contributed by atoms with Crippen molar-refractivity contribution in [3.63, 3.8) is 0 Å². The van der Waals surface area contributed by atoms with Crippen molar-refractivity contribution < 1.29 is 19.5 Å². The summed E-state index contributed by atoms with van der Waals surface area (Å²) in [7, 11) is 3.43. The van der Waals surface area contributed by atoms with Crippen LogP contribution in [0.3, 0.4) is 0 Å². The molecule has 0 aliphatic rings. The third-order valence-corrected chi connectivity index (χ3v) is 6.12. The molecule has 1 amide bonds. The fourth-order valence-electron chi connectivity index (χ4n) is 3.09. The molecule has 0 radical (unpaired) electrons. The van der Waals surface area contributed by atoms with Gasteiger partial charge in [0, 0.05) is 37.1 Å². The molecule has 1 aromatic rings. The van der Waals surface area contributed by atoms with Gasteiger partial charge in [-0.15, -0.1) is 11.8 Å². The molecule has 1 atom stereocenters. The highest BCUT2D eigenvalue weighted by molar-refractivity contribution is 7.99. The zero-order chi connectivity index (χ0) is 21.5. The third kappa shape index (κ3) is 9.56. The van der Waals surface area contributed by atoms with Crippen LogP contribution >= 0.6 is 11.8 Å². The van der Waals surface area contributed by atoms with E-state index in [9.17, 15) is 14.4 Å². The number of nitrogens with zero attached hydrogens (tertiary/aromatic N) is 1. The van der Waals surface area contributed by atoms with E-state index >= 15 is 0 Å². The fourth-order valence-corrected chi connectivity index (χ4v) is 4.19. The largest absolute Gasteiger partial charge is 0.396 e. The summed E-state index contributed by atoms with van der Waals surface area (Å²) in [5, 5.41) is 11.4. The van der Waals surface area contributed by atoms with Gasteiger partial charge in [0.05, 0.1) is 6.04 Å². The van der Waals surface area contributed by atoms with E-state index in [1.165, 1.54) is 0 Å². The van der Waals surface area contributed by atoms with Gasteiger partial charge in [0.1, 0.15) is 12.6 Å². The van der Waals surface area contributed by atoms with Crippen LogP contribution in [-0.4, -0.2) is 61.0 Å². The minimum Gasteiger partial charge on any atom is -0.396 e. The van der Waals surface area contributed by atoms with Crippen LogP contribution in [0.4, 0.5) is 0 Å². The molecule has 0 saturated carbocycles. The molecule has 1 aromatic carbocycles. The molecule has 0 spiro atoms. The number of likely N-dealkylation sites (N-methyl/N-ethyl adjacent to an activating group) is 1. The molecule has 0 aromatic heterocycles. The number of nitrogens with one attached hydrogen (secondary N) is 1. The van der Waals surface area contributed by atoms with Crippen molar-refractivity contribution in [3.05, 3.63) is 29.3 Å². The van der Waals surface area contributed by atoms with Gasteiger partial charge in [-0.2, -0.15) is 0 Å². The van der Waals surface area contributed by atoms with Crippen LogP contribution in [0, 0.1) is 0 Å². The van der Waals surface area contributed by atoms with Crippen molar-refractivity contribution in [1.29, 1.82) is 0 Å². The highest BCUT2D eigenvalue weighted by atomic mass is 32.2. The van der Waals surface area contributed by atoms with E-state index in [2.05, 4.69) is 5.32 Å². The Hall–Kier alpha value is -1.70. The van der Waals surface area contributed by atoms with Gasteiger partial charge in [0.2, 0.25) is 5.91 Å². The average molecular weight is 423 g/mol. The number of rotatable bonds is 16. The van der Waals surface area contributed by atoms with E-state index in [-0.39, 0.29) is 25.0 Å². The lowest BCUT2D eigenvalue weighted by molar-refractivity contribution is -0.121. The molecular weight excluding hydrogens is 388 g/mol. The van der Waals surface area contributed by atoms with Crippen molar-refractivity contribution in [3.8, 4) is 0 Å². The van der Waals surface area contributed by atoms with Crippen molar-refractivity contribution in [2.75, 3.05) is 26.5 Å². The summed E-state index contributed by atoms with van der Waals surface area (Å²) in [4.78, 5) is 37.5. The van der Waals surface area contributed by atoms with Gasteiger partial charge in [-0.25, -0.2) is 0 Å². The van der Waals surface area contributed by atoms with Crippen LogP contribution in [0.2, 0.25) is 0 Å². The molecular formula is C22H34N2O4S. The summed E-state index contributed by atoms with van der Waals surface area (Å²) >= 11 is 1.74. The molecule has 29 heavy (non-hydrogen) atoms. The Balaban J connectivity index is 2.71. The van der Waals surface area contributed by atoms with Crippen LogP contribution in [-0.2, 0) is 16.1 Å². The summed E-state index contributed by atoms with van der Waals surface area (Å²) in [6.45, 7) is 0.736. The van der Waals surface area contributed by atoms with E-state index < -0.39 is 0 Å². The second-order valence-electron chi connectivity index (χ2n) is 7.11. The Morgan fingerprint density at radius 2 is 1.93 bits per heavy atom. The van der Waals surface area contributed by atoms with Gasteiger partial charge in [0.25, 0.3) is 0 Å². The van der Waals surface area contributed by atoms with Crippen molar-refractivity contribution in [1.82, 2.24) is 10.2 Å². The number of benzene rings is 1. The highest BCUT2D eigenvalue weighted by Gasteiger charge is 2.18. The first kappa shape index (κ1) is 25.3. The molecule has 0 saturated heterocycles. The molecule has 0 heterocycles. The molecule has 0 bridgehead atoms. The van der Waals surface area contributed by atoms with Gasteiger partial charge >= 0.3 is 0 Å². The normalized spacial score (nSPS) is 12.0. The molecule has 0 aliphatic heterocycles. The standard InChI is InChI=1S/C22H34N2O4S/c1-23-22(28)12-11-19(17-27)24(2)15-20-18(16-26)9-8-10-21(20)29-14-7-5-3-4-6-13-25/h8-10,16-17,19,25H,3-7,11-15H2,1-2H3,(H,23,28). The van der Waals surface area contributed by atoms with Gasteiger partial charge in [-0.1, -0.05) is 31.4 Å². The number of carbonyl (C=O) groups excluding carboxylic acids is 3. The van der Waals surface area contributed by atoms with Crippen LogP contribution in [0.5, 0.6) is 0 Å². The minimum atomic E-state index is -0.378. The molecule has 7 heteroatoms. The first-order valence-corrected chi connectivity index (χ1v) is 11.2. The van der Waals surface area contributed by atoms with Gasteiger partial charge in [-0.05, 0) is 43.7 Å². The first-order chi connectivity index (χ1) is 14.1. The molecule has 2 N–H and O–H groups in total. The molecule has 0 fully saturated rings. The second-order valence-corrected chi connectivity index (χ2v) is 8.25. The first-order valence-electron chi connectivity index (χ1n) is 10.2. The monoisotopic (exact) mass is 422 g/mol. The predicted molar refractivity (Wildman–Crippen MR) is 117 cm³/mol. The number of aliphatic hydroxyl groups is 1. The molecule has 1 unspecified atom stereocenters. The average Bonchev–Trinajstić information content (AvgIpc) is 2.74. The van der Waals surface area contributed by atoms with Crippen molar-refractivity contribution in [2.24, 2.45) is 0 Å². The Bertz CT molecular complexity index is 639. The Morgan fingerprint density at radius 3 is 2.59 bits per heavy atom. The van der Waals surface area contributed by atoms with Crippen LogP contribution < -0.4 is 5.32 Å². The number of thioether (sulfide) groups is 1.